The van der Waals surface area contributed by atoms with Gasteiger partial charge in [0.15, 0.2) is 17.5 Å². The summed E-state index contributed by atoms with van der Waals surface area (Å²) in [4.78, 5) is 41.4. The van der Waals surface area contributed by atoms with Crippen LogP contribution in [-0.2, 0) is 14.3 Å². The maximum absolute atomic E-state index is 13.0. The highest BCUT2D eigenvalue weighted by Crippen LogP contribution is 2.30. The van der Waals surface area contributed by atoms with E-state index in [4.69, 9.17) is 18.9 Å². The van der Waals surface area contributed by atoms with Gasteiger partial charge in [-0.05, 0) is 31.5 Å². The molecule has 3 aromatic rings. The van der Waals surface area contributed by atoms with E-state index in [2.05, 4.69) is 10.3 Å². The van der Waals surface area contributed by atoms with Crippen molar-refractivity contribution in [2.24, 2.45) is 0 Å². The van der Waals surface area contributed by atoms with Crippen LogP contribution in [0.5, 0.6) is 17.2 Å². The fraction of sp³-hybridized carbons (Fsp3) is 0.259. The second-order valence-corrected chi connectivity index (χ2v) is 7.88. The van der Waals surface area contributed by atoms with E-state index in [0.29, 0.717) is 5.75 Å². The highest BCUT2D eigenvalue weighted by molar-refractivity contribution is 5.98. The van der Waals surface area contributed by atoms with Crippen molar-refractivity contribution in [3.63, 3.8) is 0 Å². The maximum atomic E-state index is 13.0. The van der Waals surface area contributed by atoms with Crippen molar-refractivity contribution in [1.82, 2.24) is 10.3 Å². The largest absolute Gasteiger partial charge is 0.493 e. The first-order valence-electron chi connectivity index (χ1n) is 11.3. The number of amides is 1. The Morgan fingerprint density at radius 3 is 2.17 bits per heavy atom. The predicted molar refractivity (Wildman–Crippen MR) is 131 cm³/mol. The van der Waals surface area contributed by atoms with E-state index in [0.717, 1.165) is 5.56 Å². The Bertz CT molecular complexity index is 1190. The van der Waals surface area contributed by atoms with Gasteiger partial charge in [-0.15, -0.1) is 0 Å². The number of hydrogen-bond donors (Lipinski definition) is 1. The standard InChI is InChI=1S/C27H28N2O7/c1-17(29-26(31)23-25(35-19(3)30)22(33-4)15-16-28-23)27(32)36-24(20-11-7-5-8-12-20)18(2)34-21-13-9-6-10-14-21/h5-18,24H,1-4H3,(H,29,31)/t17-,18-,24-/m0/s1. The van der Waals surface area contributed by atoms with E-state index >= 15 is 0 Å². The molecule has 0 radical (unpaired) electrons. The number of pyridine rings is 1. The van der Waals surface area contributed by atoms with Crippen LogP contribution in [0.15, 0.2) is 72.9 Å². The van der Waals surface area contributed by atoms with Crippen LogP contribution in [0.4, 0.5) is 0 Å². The third kappa shape index (κ3) is 6.82. The number of methoxy groups -OCH3 is 1. The monoisotopic (exact) mass is 492 g/mol. The Labute approximate surface area is 209 Å². The van der Waals surface area contributed by atoms with Crippen molar-refractivity contribution < 1.29 is 33.3 Å². The van der Waals surface area contributed by atoms with Crippen molar-refractivity contribution in [1.29, 1.82) is 0 Å². The van der Waals surface area contributed by atoms with Gasteiger partial charge in [0.2, 0.25) is 5.75 Å². The molecule has 2 aromatic carbocycles. The smallest absolute Gasteiger partial charge is 0.329 e. The van der Waals surface area contributed by atoms with Gasteiger partial charge in [0.25, 0.3) is 5.91 Å². The first-order valence-corrected chi connectivity index (χ1v) is 11.3. The lowest BCUT2D eigenvalue weighted by atomic mass is 10.0. The Balaban J connectivity index is 1.76. The molecule has 1 aromatic heterocycles. The Kier molecular flexibility index (Phi) is 8.99. The number of hydrogen-bond acceptors (Lipinski definition) is 8. The molecule has 0 saturated heterocycles. The molecule has 0 fully saturated rings. The summed E-state index contributed by atoms with van der Waals surface area (Å²) in [7, 11) is 1.37. The molecule has 0 bridgehead atoms. The Hall–Kier alpha value is -4.40. The van der Waals surface area contributed by atoms with E-state index in [1.807, 2.05) is 60.7 Å². The normalized spacial score (nSPS) is 13.0. The molecular weight excluding hydrogens is 464 g/mol. The molecule has 1 heterocycles. The first-order chi connectivity index (χ1) is 17.3. The SMILES string of the molecule is COc1ccnc(C(=O)N[C@@H](C)C(=O)O[C@H](c2ccccc2)[C@H](C)Oc2ccccc2)c1OC(C)=O. The van der Waals surface area contributed by atoms with Gasteiger partial charge < -0.3 is 24.3 Å². The molecule has 1 amide bonds. The molecule has 0 aliphatic carbocycles. The van der Waals surface area contributed by atoms with Crippen molar-refractivity contribution in [3.8, 4) is 17.2 Å². The third-order valence-electron chi connectivity index (χ3n) is 5.11. The molecule has 9 heteroatoms. The first kappa shape index (κ1) is 26.2. The lowest BCUT2D eigenvalue weighted by Crippen LogP contribution is -2.41. The van der Waals surface area contributed by atoms with Crippen molar-refractivity contribution in [2.75, 3.05) is 7.11 Å². The van der Waals surface area contributed by atoms with Crippen molar-refractivity contribution >= 4 is 17.8 Å². The molecule has 3 rings (SSSR count). The van der Waals surface area contributed by atoms with Crippen molar-refractivity contribution in [2.45, 2.75) is 39.0 Å². The summed E-state index contributed by atoms with van der Waals surface area (Å²) in [6.45, 7) is 4.47. The number of nitrogens with one attached hydrogen (secondary N) is 1. The van der Waals surface area contributed by atoms with Gasteiger partial charge in [-0.2, -0.15) is 0 Å². The summed E-state index contributed by atoms with van der Waals surface area (Å²) in [6.07, 6.45) is 0.0553. The fourth-order valence-corrected chi connectivity index (χ4v) is 3.40. The van der Waals surface area contributed by atoms with E-state index in [1.54, 1.807) is 6.92 Å². The molecule has 3 atom stereocenters. The minimum atomic E-state index is -1.05. The summed E-state index contributed by atoms with van der Waals surface area (Å²) < 4.78 is 22.1. The number of carbonyl (C=O) groups is 3. The molecule has 0 saturated carbocycles. The summed E-state index contributed by atoms with van der Waals surface area (Å²) >= 11 is 0. The number of rotatable bonds is 10. The topological polar surface area (TPSA) is 113 Å². The van der Waals surface area contributed by atoms with Gasteiger partial charge in [-0.1, -0.05) is 48.5 Å². The van der Waals surface area contributed by atoms with Crippen LogP contribution < -0.4 is 19.5 Å². The number of benzene rings is 2. The predicted octanol–water partition coefficient (Wildman–Crippen LogP) is 3.89. The molecule has 1 N–H and O–H groups in total. The van der Waals surface area contributed by atoms with Crippen molar-refractivity contribution in [3.05, 3.63) is 84.2 Å². The van der Waals surface area contributed by atoms with Gasteiger partial charge >= 0.3 is 11.9 Å². The highest BCUT2D eigenvalue weighted by atomic mass is 16.6. The van der Waals surface area contributed by atoms with E-state index < -0.39 is 36.1 Å². The molecular formula is C27H28N2O7. The number of nitrogens with zero attached hydrogens (tertiary/aromatic N) is 1. The average molecular weight is 493 g/mol. The summed E-state index contributed by atoms with van der Waals surface area (Å²) in [5.41, 5.74) is 0.531. The summed E-state index contributed by atoms with van der Waals surface area (Å²) in [6, 6.07) is 18.8. The second-order valence-electron chi connectivity index (χ2n) is 7.88. The van der Waals surface area contributed by atoms with Crippen LogP contribution in [0, 0.1) is 0 Å². The highest BCUT2D eigenvalue weighted by Gasteiger charge is 2.29. The van der Waals surface area contributed by atoms with E-state index in [1.165, 1.54) is 33.2 Å². The van der Waals surface area contributed by atoms with Gasteiger partial charge in [-0.25, -0.2) is 9.78 Å². The maximum Gasteiger partial charge on any atom is 0.329 e. The fourth-order valence-electron chi connectivity index (χ4n) is 3.40. The zero-order valence-corrected chi connectivity index (χ0v) is 20.5. The number of esters is 2. The van der Waals surface area contributed by atoms with Gasteiger partial charge in [0, 0.05) is 19.2 Å². The minimum absolute atomic E-state index is 0.141. The van der Waals surface area contributed by atoms with Crippen LogP contribution in [0.25, 0.3) is 0 Å². The van der Waals surface area contributed by atoms with Crippen LogP contribution in [0.1, 0.15) is 42.9 Å². The van der Waals surface area contributed by atoms with Gasteiger partial charge in [0.1, 0.15) is 17.9 Å². The molecule has 9 nitrogen and oxygen atoms in total. The lowest BCUT2D eigenvalue weighted by molar-refractivity contribution is -0.156. The zero-order valence-electron chi connectivity index (χ0n) is 20.5. The minimum Gasteiger partial charge on any atom is -0.493 e. The molecule has 188 valence electrons. The van der Waals surface area contributed by atoms with Gasteiger partial charge in [0.05, 0.1) is 7.11 Å². The number of para-hydroxylation sites is 1. The lowest BCUT2D eigenvalue weighted by Gasteiger charge is -2.27. The van der Waals surface area contributed by atoms with E-state index in [-0.39, 0.29) is 17.2 Å². The van der Waals surface area contributed by atoms with Crippen LogP contribution in [0.3, 0.4) is 0 Å². The summed E-state index contributed by atoms with van der Waals surface area (Å²) in [5, 5.41) is 2.54. The average Bonchev–Trinajstić information content (AvgIpc) is 2.87. The quantitative estimate of drug-likeness (QED) is 0.424. The number of carbonyl (C=O) groups excluding carboxylic acids is 3. The number of ether oxygens (including phenoxy) is 4. The molecule has 0 unspecified atom stereocenters. The van der Waals surface area contributed by atoms with Crippen LogP contribution in [0.2, 0.25) is 0 Å². The van der Waals surface area contributed by atoms with Crippen LogP contribution in [-0.4, -0.2) is 42.1 Å². The Morgan fingerprint density at radius 1 is 0.917 bits per heavy atom. The molecule has 0 aliphatic rings. The number of aromatic nitrogens is 1. The zero-order chi connectivity index (χ0) is 26.1. The summed E-state index contributed by atoms with van der Waals surface area (Å²) in [5.74, 6) is -1.43. The second kappa shape index (κ2) is 12.3. The van der Waals surface area contributed by atoms with E-state index in [9.17, 15) is 14.4 Å². The van der Waals surface area contributed by atoms with Gasteiger partial charge in [-0.3, -0.25) is 9.59 Å². The molecule has 0 aliphatic heterocycles. The third-order valence-corrected chi connectivity index (χ3v) is 5.11. The molecule has 0 spiro atoms. The van der Waals surface area contributed by atoms with Crippen LogP contribution >= 0.6 is 0 Å². The Morgan fingerprint density at radius 2 is 1.56 bits per heavy atom. The molecule has 36 heavy (non-hydrogen) atoms.